The van der Waals surface area contributed by atoms with Crippen LogP contribution in [0.2, 0.25) is 0 Å². The van der Waals surface area contributed by atoms with Crippen molar-refractivity contribution in [1.29, 1.82) is 0 Å². The summed E-state index contributed by atoms with van der Waals surface area (Å²) in [6.07, 6.45) is 6.57. The molecule has 126 valence electrons. The highest BCUT2D eigenvalue weighted by Crippen LogP contribution is 2.55. The molecule has 5 nitrogen and oxygen atoms in total. The van der Waals surface area contributed by atoms with Crippen LogP contribution in [0.25, 0.3) is 0 Å². The van der Waals surface area contributed by atoms with Gasteiger partial charge in [0.15, 0.2) is 0 Å². The lowest BCUT2D eigenvalue weighted by Crippen LogP contribution is -2.51. The average Bonchev–Trinajstić information content (AvgIpc) is 2.52. The first-order chi connectivity index (χ1) is 10.6. The first-order valence-electron chi connectivity index (χ1n) is 8.68. The number of nitrogens with zero attached hydrogens (tertiary/aromatic N) is 1. The number of piperidine rings is 1. The first kappa shape index (κ1) is 17.1. The standard InChI is InChI=1S/C17H29NO4/c1-3-5-12-22-16(20)18-10-8-17(9-11-18)7-6-14(17)13-15(19)21-4-2/h14H,3-13H2,1-2H3. The van der Waals surface area contributed by atoms with Crippen molar-refractivity contribution in [3.63, 3.8) is 0 Å². The summed E-state index contributed by atoms with van der Waals surface area (Å²) >= 11 is 0. The van der Waals surface area contributed by atoms with Gasteiger partial charge >= 0.3 is 12.1 Å². The van der Waals surface area contributed by atoms with Crippen LogP contribution in [0.4, 0.5) is 4.79 Å². The summed E-state index contributed by atoms with van der Waals surface area (Å²) in [7, 11) is 0. The van der Waals surface area contributed by atoms with Crippen LogP contribution in [0.1, 0.15) is 58.8 Å². The van der Waals surface area contributed by atoms with Gasteiger partial charge in [0.1, 0.15) is 0 Å². The average molecular weight is 311 g/mol. The Morgan fingerprint density at radius 2 is 1.86 bits per heavy atom. The zero-order valence-electron chi connectivity index (χ0n) is 13.9. The van der Waals surface area contributed by atoms with E-state index >= 15 is 0 Å². The van der Waals surface area contributed by atoms with Gasteiger partial charge in [0.05, 0.1) is 13.2 Å². The SMILES string of the molecule is CCCCOC(=O)N1CCC2(CCC2CC(=O)OCC)CC1. The van der Waals surface area contributed by atoms with E-state index < -0.39 is 0 Å². The van der Waals surface area contributed by atoms with Gasteiger partial charge in [-0.05, 0) is 50.4 Å². The second-order valence-electron chi connectivity index (χ2n) is 6.56. The molecule has 1 heterocycles. The molecule has 1 saturated heterocycles. The first-order valence-corrected chi connectivity index (χ1v) is 8.68. The molecule has 1 amide bonds. The zero-order chi connectivity index (χ0) is 16.0. The summed E-state index contributed by atoms with van der Waals surface area (Å²) in [6.45, 7) is 6.41. The van der Waals surface area contributed by atoms with Gasteiger partial charge in [-0.1, -0.05) is 13.3 Å². The van der Waals surface area contributed by atoms with E-state index in [0.29, 0.717) is 25.6 Å². The third-order valence-electron chi connectivity index (χ3n) is 5.32. The molecule has 0 aromatic carbocycles. The van der Waals surface area contributed by atoms with E-state index in [1.54, 1.807) is 0 Å². The van der Waals surface area contributed by atoms with Crippen LogP contribution in [0.15, 0.2) is 0 Å². The van der Waals surface area contributed by atoms with Crippen LogP contribution < -0.4 is 0 Å². The zero-order valence-corrected chi connectivity index (χ0v) is 13.9. The Kier molecular flexibility index (Phi) is 6.09. The van der Waals surface area contributed by atoms with E-state index in [9.17, 15) is 9.59 Å². The summed E-state index contributed by atoms with van der Waals surface area (Å²) in [6, 6.07) is 0. The summed E-state index contributed by atoms with van der Waals surface area (Å²) in [5.41, 5.74) is 0.257. The monoisotopic (exact) mass is 311 g/mol. The molecular weight excluding hydrogens is 282 g/mol. The molecule has 1 spiro atoms. The van der Waals surface area contributed by atoms with Gasteiger partial charge in [-0.3, -0.25) is 4.79 Å². The van der Waals surface area contributed by atoms with Crippen molar-refractivity contribution in [2.45, 2.75) is 58.8 Å². The van der Waals surface area contributed by atoms with Crippen molar-refractivity contribution < 1.29 is 19.1 Å². The second kappa shape index (κ2) is 7.84. The fourth-order valence-corrected chi connectivity index (χ4v) is 3.68. The Morgan fingerprint density at radius 3 is 2.41 bits per heavy atom. The van der Waals surface area contributed by atoms with E-state index in [1.807, 2.05) is 11.8 Å². The number of esters is 1. The van der Waals surface area contributed by atoms with Crippen LogP contribution in [-0.4, -0.2) is 43.3 Å². The van der Waals surface area contributed by atoms with Crippen molar-refractivity contribution >= 4 is 12.1 Å². The van der Waals surface area contributed by atoms with E-state index in [2.05, 4.69) is 6.92 Å². The van der Waals surface area contributed by atoms with Crippen molar-refractivity contribution in [1.82, 2.24) is 4.90 Å². The van der Waals surface area contributed by atoms with Gasteiger partial charge < -0.3 is 14.4 Å². The molecular formula is C17H29NO4. The molecule has 2 fully saturated rings. The highest BCUT2D eigenvalue weighted by atomic mass is 16.6. The number of amides is 1. The predicted molar refractivity (Wildman–Crippen MR) is 83.5 cm³/mol. The maximum Gasteiger partial charge on any atom is 0.409 e. The number of carbonyl (C=O) groups excluding carboxylic acids is 2. The van der Waals surface area contributed by atoms with Crippen molar-refractivity contribution in [3.8, 4) is 0 Å². The quantitative estimate of drug-likeness (QED) is 0.557. The van der Waals surface area contributed by atoms with E-state index in [1.165, 1.54) is 6.42 Å². The Labute approximate surface area is 133 Å². The number of hydrogen-bond donors (Lipinski definition) is 0. The molecule has 1 aliphatic carbocycles. The predicted octanol–water partition coefficient (Wildman–Crippen LogP) is 3.37. The number of likely N-dealkylation sites (tertiary alicyclic amines) is 1. The van der Waals surface area contributed by atoms with Crippen molar-refractivity contribution in [2.24, 2.45) is 11.3 Å². The largest absolute Gasteiger partial charge is 0.466 e. The molecule has 22 heavy (non-hydrogen) atoms. The molecule has 0 N–H and O–H groups in total. The number of ether oxygens (including phenoxy) is 2. The van der Waals surface area contributed by atoms with Gasteiger partial charge in [0.2, 0.25) is 0 Å². The molecule has 0 aromatic heterocycles. The molecule has 5 heteroatoms. The van der Waals surface area contributed by atoms with Crippen LogP contribution in [0, 0.1) is 11.3 Å². The van der Waals surface area contributed by atoms with E-state index in [0.717, 1.165) is 45.2 Å². The highest BCUT2D eigenvalue weighted by molar-refractivity contribution is 5.70. The van der Waals surface area contributed by atoms with Gasteiger partial charge in [-0.25, -0.2) is 4.79 Å². The summed E-state index contributed by atoms with van der Waals surface area (Å²) in [5, 5.41) is 0. The van der Waals surface area contributed by atoms with Crippen LogP contribution >= 0.6 is 0 Å². The maximum atomic E-state index is 12.0. The number of rotatable bonds is 6. The molecule has 1 unspecified atom stereocenters. The molecule has 1 atom stereocenters. The number of carbonyl (C=O) groups is 2. The van der Waals surface area contributed by atoms with Crippen molar-refractivity contribution in [2.75, 3.05) is 26.3 Å². The Bertz CT molecular complexity index is 388. The number of hydrogen-bond acceptors (Lipinski definition) is 4. The van der Waals surface area contributed by atoms with Gasteiger partial charge in [-0.2, -0.15) is 0 Å². The Hall–Kier alpha value is -1.26. The molecule has 0 aromatic rings. The Morgan fingerprint density at radius 1 is 1.14 bits per heavy atom. The topological polar surface area (TPSA) is 55.8 Å². The minimum atomic E-state index is -0.176. The highest BCUT2D eigenvalue weighted by Gasteiger charge is 2.49. The van der Waals surface area contributed by atoms with Gasteiger partial charge in [0.25, 0.3) is 0 Å². The third-order valence-corrected chi connectivity index (χ3v) is 5.32. The molecule has 1 saturated carbocycles. The Balaban J connectivity index is 1.76. The summed E-state index contributed by atoms with van der Waals surface area (Å²) < 4.78 is 10.4. The fraction of sp³-hybridized carbons (Fsp3) is 0.882. The smallest absolute Gasteiger partial charge is 0.409 e. The normalized spacial score (nSPS) is 23.0. The lowest BCUT2D eigenvalue weighted by atomic mass is 9.54. The maximum absolute atomic E-state index is 12.0. The van der Waals surface area contributed by atoms with Gasteiger partial charge in [0, 0.05) is 19.5 Å². The summed E-state index contributed by atoms with van der Waals surface area (Å²) in [5.74, 6) is 0.359. The molecule has 2 rings (SSSR count). The lowest BCUT2D eigenvalue weighted by Gasteiger charge is -2.53. The molecule has 1 aliphatic heterocycles. The molecule has 2 aliphatic rings. The fourth-order valence-electron chi connectivity index (χ4n) is 3.68. The molecule has 0 bridgehead atoms. The van der Waals surface area contributed by atoms with Crippen LogP contribution in [0.3, 0.4) is 0 Å². The summed E-state index contributed by atoms with van der Waals surface area (Å²) in [4.78, 5) is 25.5. The second-order valence-corrected chi connectivity index (χ2v) is 6.56. The molecule has 0 radical (unpaired) electrons. The number of unbranched alkanes of at least 4 members (excludes halogenated alkanes) is 1. The van der Waals surface area contributed by atoms with E-state index in [4.69, 9.17) is 9.47 Å². The van der Waals surface area contributed by atoms with E-state index in [-0.39, 0.29) is 17.5 Å². The van der Waals surface area contributed by atoms with Crippen LogP contribution in [0.5, 0.6) is 0 Å². The van der Waals surface area contributed by atoms with Crippen LogP contribution in [-0.2, 0) is 14.3 Å². The minimum Gasteiger partial charge on any atom is -0.466 e. The third kappa shape index (κ3) is 3.93. The van der Waals surface area contributed by atoms with Gasteiger partial charge in [-0.15, -0.1) is 0 Å². The minimum absolute atomic E-state index is 0.0759. The lowest BCUT2D eigenvalue weighted by molar-refractivity contribution is -0.149. The van der Waals surface area contributed by atoms with Crippen molar-refractivity contribution in [3.05, 3.63) is 0 Å².